The van der Waals surface area contributed by atoms with Crippen molar-refractivity contribution in [1.82, 2.24) is 0 Å². The summed E-state index contributed by atoms with van der Waals surface area (Å²) in [5, 5.41) is 0. The van der Waals surface area contributed by atoms with Gasteiger partial charge in [-0.1, -0.05) is 37.5 Å². The largest absolute Gasteiger partial charge is 0.520 e. The summed E-state index contributed by atoms with van der Waals surface area (Å²) in [6, 6.07) is 6.10. The first-order valence-corrected chi connectivity index (χ1v) is 11.5. The van der Waals surface area contributed by atoms with Gasteiger partial charge >= 0.3 is 26.6 Å². The molecule has 1 atom stereocenters. The van der Waals surface area contributed by atoms with Crippen LogP contribution in [0.5, 0.6) is 0 Å². The molecule has 0 N–H and O–H groups in total. The summed E-state index contributed by atoms with van der Waals surface area (Å²) in [6.07, 6.45) is 5.56. The van der Waals surface area contributed by atoms with Crippen molar-refractivity contribution in [3.8, 4) is 0 Å². The number of fused-ring (bicyclic) bond motifs is 1. The van der Waals surface area contributed by atoms with Crippen molar-refractivity contribution in [2.24, 2.45) is 5.92 Å². The Morgan fingerprint density at radius 2 is 1.74 bits per heavy atom. The Bertz CT molecular complexity index is 614. The van der Waals surface area contributed by atoms with Gasteiger partial charge in [0.05, 0.1) is 0 Å². The minimum atomic E-state index is -4.74. The van der Waals surface area contributed by atoms with Crippen molar-refractivity contribution in [1.29, 1.82) is 0 Å². The van der Waals surface area contributed by atoms with Crippen LogP contribution in [-0.4, -0.2) is 5.51 Å². The molecule has 1 aromatic carbocycles. The molecule has 0 radical (unpaired) electrons. The van der Waals surface area contributed by atoms with Gasteiger partial charge in [-0.05, 0) is 36.5 Å². The van der Waals surface area contributed by atoms with Crippen molar-refractivity contribution >= 4 is 16.4 Å². The van der Waals surface area contributed by atoms with Crippen LogP contribution in [-0.2, 0) is 2.51 Å². The molecule has 1 aliphatic carbocycles. The summed E-state index contributed by atoms with van der Waals surface area (Å²) in [6.45, 7) is 0. The number of benzene rings is 1. The van der Waals surface area contributed by atoms with E-state index >= 15 is 0 Å². The van der Waals surface area contributed by atoms with Crippen molar-refractivity contribution < 1.29 is 43.6 Å². The maximum absolute atomic E-state index is 14.1. The molecule has 3 rings (SSSR count). The van der Waals surface area contributed by atoms with E-state index in [-0.39, 0.29) is 15.7 Å². The molecule has 8 heteroatoms. The molecule has 1 saturated carbocycles. The predicted molar refractivity (Wildman–Crippen MR) is 74.0 cm³/mol. The van der Waals surface area contributed by atoms with E-state index in [1.165, 1.54) is 18.2 Å². The van der Waals surface area contributed by atoms with Gasteiger partial charge in [0.25, 0.3) is 0 Å². The molecule has 1 heterocycles. The quantitative estimate of drug-likeness (QED) is 0.612. The molecule has 23 heavy (non-hydrogen) atoms. The van der Waals surface area contributed by atoms with Crippen LogP contribution in [0.3, 0.4) is 0 Å². The Kier molecular flexibility index (Phi) is 4.99. The molecule has 1 unspecified atom stereocenters. The zero-order valence-corrected chi connectivity index (χ0v) is 15.1. The van der Waals surface area contributed by atoms with Gasteiger partial charge in [-0.3, -0.25) is 0 Å². The van der Waals surface area contributed by atoms with Crippen molar-refractivity contribution in [2.45, 2.75) is 42.5 Å². The highest BCUT2D eigenvalue weighted by atomic mass is 127. The minimum absolute atomic E-state index is 0.0259. The lowest BCUT2D eigenvalue weighted by atomic mass is 9.88. The Hall–Kier alpha value is -0.290. The van der Waals surface area contributed by atoms with Gasteiger partial charge < -0.3 is 6.87 Å². The summed E-state index contributed by atoms with van der Waals surface area (Å²) >= 11 is -4.54. The van der Waals surface area contributed by atoms with Crippen molar-refractivity contribution in [3.05, 3.63) is 34.7 Å². The molecule has 2 aliphatic rings. The van der Waals surface area contributed by atoms with E-state index < -0.39 is 36.9 Å². The fourth-order valence-corrected chi connectivity index (χ4v) is 9.41. The molecule has 0 amide bonds. The van der Waals surface area contributed by atoms with Crippen LogP contribution >= 0.6 is 10.3 Å². The van der Waals surface area contributed by atoms with E-state index in [1.807, 2.05) is 0 Å². The zero-order chi connectivity index (χ0) is 16.7. The van der Waals surface area contributed by atoms with Crippen LogP contribution in [0.25, 0.3) is 6.08 Å². The maximum Gasteiger partial charge on any atom is 0.520 e. The number of rotatable bonds is 3. The SMILES string of the molecule is [O-][I+2]([O-])OS1(C(F)(F)F)C(C2CCCCC2)=Cc2ccccc21. The van der Waals surface area contributed by atoms with Gasteiger partial charge in [-0.25, -0.2) is 0 Å². The summed E-state index contributed by atoms with van der Waals surface area (Å²) in [4.78, 5) is 0.113. The van der Waals surface area contributed by atoms with Crippen LogP contribution in [0.2, 0.25) is 0 Å². The third-order valence-electron chi connectivity index (χ3n) is 4.34. The third kappa shape index (κ3) is 3.04. The molecule has 1 fully saturated rings. The predicted octanol–water partition coefficient (Wildman–Crippen LogP) is 0.327. The molecule has 0 bridgehead atoms. The van der Waals surface area contributed by atoms with E-state index in [1.54, 1.807) is 12.1 Å². The van der Waals surface area contributed by atoms with E-state index in [0.717, 1.165) is 19.3 Å². The zero-order valence-electron chi connectivity index (χ0n) is 12.1. The van der Waals surface area contributed by atoms with Gasteiger partial charge in [0.2, 0.25) is 0 Å². The van der Waals surface area contributed by atoms with Crippen LogP contribution in [0.15, 0.2) is 34.1 Å². The van der Waals surface area contributed by atoms with Gasteiger partial charge in [0, 0.05) is 12.3 Å². The highest BCUT2D eigenvalue weighted by Gasteiger charge is 2.65. The second-order valence-electron chi connectivity index (χ2n) is 5.67. The highest BCUT2D eigenvalue weighted by molar-refractivity contribution is 8.34. The summed E-state index contributed by atoms with van der Waals surface area (Å²) in [5.41, 5.74) is -4.31. The monoisotopic (exact) mass is 460 g/mol. The molecule has 0 spiro atoms. The molecule has 0 aromatic heterocycles. The Balaban J connectivity index is 2.16. The molecular weight excluding hydrogens is 444 g/mol. The van der Waals surface area contributed by atoms with E-state index in [2.05, 4.69) is 0 Å². The standard InChI is InChI=1S/C15H16F3IO3S/c16-15(17,18)23(22-19(20)21)13-9-5-4-8-12(13)10-14(23)11-6-2-1-3-7-11/h4-5,8-11H,1-3,6-7H2. The van der Waals surface area contributed by atoms with Gasteiger partial charge in [-0.2, -0.15) is 13.2 Å². The summed E-state index contributed by atoms with van der Waals surface area (Å²) in [5.74, 6) is -0.261. The van der Waals surface area contributed by atoms with Crippen molar-refractivity contribution in [2.75, 3.05) is 0 Å². The lowest BCUT2D eigenvalue weighted by molar-refractivity contribution is -1.62. The normalized spacial score (nSPS) is 28.3. The fourth-order valence-electron chi connectivity index (χ4n) is 3.41. The first-order chi connectivity index (χ1) is 10.9. The summed E-state index contributed by atoms with van der Waals surface area (Å²) < 4.78 is 69.5. The van der Waals surface area contributed by atoms with Crippen LogP contribution in [0.1, 0.15) is 37.7 Å². The Morgan fingerprint density at radius 3 is 2.35 bits per heavy atom. The lowest BCUT2D eigenvalue weighted by Crippen LogP contribution is -3.98. The molecule has 128 valence electrons. The number of allylic oxidation sites excluding steroid dienone is 1. The van der Waals surface area contributed by atoms with E-state index in [9.17, 15) is 20.0 Å². The smallest absolute Gasteiger partial charge is 0.395 e. The van der Waals surface area contributed by atoms with Gasteiger partial charge in [-0.15, -0.1) is 0 Å². The first-order valence-electron chi connectivity index (χ1n) is 7.32. The molecular formula is C15H16F3IO3S. The molecule has 1 aliphatic heterocycles. The molecule has 3 nitrogen and oxygen atoms in total. The first kappa shape index (κ1) is 17.5. The van der Waals surface area contributed by atoms with Crippen LogP contribution in [0.4, 0.5) is 13.2 Å². The maximum atomic E-state index is 14.1. The average molecular weight is 460 g/mol. The number of hydrogen-bond donors (Lipinski definition) is 0. The average Bonchev–Trinajstić information content (AvgIpc) is 2.83. The molecule has 1 aromatic rings. The number of alkyl halides is 3. The highest BCUT2D eigenvalue weighted by Crippen LogP contribution is 2.77. The van der Waals surface area contributed by atoms with Crippen LogP contribution in [0, 0.1) is 5.92 Å². The summed E-state index contributed by atoms with van der Waals surface area (Å²) in [7, 11) is -3.97. The fraction of sp³-hybridized carbons (Fsp3) is 0.467. The van der Waals surface area contributed by atoms with Crippen molar-refractivity contribution in [3.63, 3.8) is 0 Å². The van der Waals surface area contributed by atoms with Crippen LogP contribution < -0.4 is 27.9 Å². The Labute approximate surface area is 143 Å². The van der Waals surface area contributed by atoms with E-state index in [4.69, 9.17) is 2.51 Å². The van der Waals surface area contributed by atoms with E-state index in [0.29, 0.717) is 18.4 Å². The topological polar surface area (TPSA) is 55.3 Å². The van der Waals surface area contributed by atoms with Gasteiger partial charge in [0.15, 0.2) is 0 Å². The number of halogens is 4. The molecule has 0 saturated heterocycles. The second kappa shape index (κ2) is 6.55. The number of hydrogen-bond acceptors (Lipinski definition) is 3. The van der Waals surface area contributed by atoms with Gasteiger partial charge in [0.1, 0.15) is 10.3 Å². The minimum Gasteiger partial charge on any atom is -0.395 e. The second-order valence-corrected chi connectivity index (χ2v) is 10.4. The lowest BCUT2D eigenvalue weighted by Gasteiger charge is -2.37. The Morgan fingerprint density at radius 1 is 1.09 bits per heavy atom. The third-order valence-corrected chi connectivity index (χ3v) is 9.89.